The number of benzene rings is 2. The zero-order valence-electron chi connectivity index (χ0n) is 15.0. The third kappa shape index (κ3) is 6.32. The van der Waals surface area contributed by atoms with E-state index in [-0.39, 0.29) is 12.5 Å². The average Bonchev–Trinajstić information content (AvgIpc) is 2.62. The molecule has 0 bridgehead atoms. The van der Waals surface area contributed by atoms with Gasteiger partial charge in [0.2, 0.25) is 5.91 Å². The van der Waals surface area contributed by atoms with Crippen molar-refractivity contribution in [3.63, 3.8) is 0 Å². The number of aliphatic imine (C=N–C) groups is 1. The van der Waals surface area contributed by atoms with Crippen LogP contribution in [0.25, 0.3) is 0 Å². The van der Waals surface area contributed by atoms with E-state index < -0.39 is 11.7 Å². The lowest BCUT2D eigenvalue weighted by molar-refractivity contribution is -0.137. The lowest BCUT2D eigenvalue weighted by Crippen LogP contribution is -2.42. The lowest BCUT2D eigenvalue weighted by Gasteiger charge is -2.22. The van der Waals surface area contributed by atoms with Crippen LogP contribution in [0.3, 0.4) is 0 Å². The van der Waals surface area contributed by atoms with Crippen LogP contribution in [0.2, 0.25) is 0 Å². The minimum Gasteiger partial charge on any atom is -0.347 e. The van der Waals surface area contributed by atoms with Crippen LogP contribution in [0.15, 0.2) is 59.6 Å². The molecular weight excluding hydrogens is 357 g/mol. The van der Waals surface area contributed by atoms with Gasteiger partial charge in [-0.15, -0.1) is 0 Å². The molecule has 0 aliphatic heterocycles. The predicted molar refractivity (Wildman–Crippen MR) is 99.3 cm³/mol. The number of amides is 1. The van der Waals surface area contributed by atoms with Crippen molar-refractivity contribution in [2.45, 2.75) is 12.7 Å². The Morgan fingerprint density at radius 3 is 2.26 bits per heavy atom. The van der Waals surface area contributed by atoms with Gasteiger partial charge in [0.25, 0.3) is 0 Å². The molecule has 0 aliphatic rings. The van der Waals surface area contributed by atoms with Gasteiger partial charge < -0.3 is 15.5 Å². The maximum Gasteiger partial charge on any atom is 0.416 e. The second-order valence-corrected chi connectivity index (χ2v) is 5.87. The fourth-order valence-corrected chi connectivity index (χ4v) is 2.42. The van der Waals surface area contributed by atoms with E-state index in [2.05, 4.69) is 15.6 Å². The number of nitrogens with zero attached hydrogens (tertiary/aromatic N) is 2. The van der Waals surface area contributed by atoms with Gasteiger partial charge >= 0.3 is 6.18 Å². The van der Waals surface area contributed by atoms with Gasteiger partial charge in [-0.2, -0.15) is 13.2 Å². The summed E-state index contributed by atoms with van der Waals surface area (Å²) in [6.45, 7) is 0.358. The van der Waals surface area contributed by atoms with Gasteiger partial charge in [0.05, 0.1) is 12.1 Å². The van der Waals surface area contributed by atoms with E-state index in [1.165, 1.54) is 12.1 Å². The molecule has 5 nitrogen and oxygen atoms in total. The number of anilines is 1. The summed E-state index contributed by atoms with van der Waals surface area (Å²) in [6.07, 6.45) is -4.35. The molecule has 2 rings (SSSR count). The van der Waals surface area contributed by atoms with Crippen LogP contribution >= 0.6 is 0 Å². The number of guanidine groups is 1. The highest BCUT2D eigenvalue weighted by Gasteiger charge is 2.29. The van der Waals surface area contributed by atoms with Crippen molar-refractivity contribution in [2.75, 3.05) is 26.0 Å². The summed E-state index contributed by atoms with van der Waals surface area (Å²) < 4.78 is 37.9. The molecule has 2 N–H and O–H groups in total. The molecule has 0 heterocycles. The highest BCUT2D eigenvalue weighted by atomic mass is 19.4. The fourth-order valence-electron chi connectivity index (χ4n) is 2.42. The third-order valence-corrected chi connectivity index (χ3v) is 3.74. The van der Waals surface area contributed by atoms with Crippen molar-refractivity contribution in [1.29, 1.82) is 0 Å². The summed E-state index contributed by atoms with van der Waals surface area (Å²) in [7, 11) is 3.31. The zero-order valence-corrected chi connectivity index (χ0v) is 15.0. The van der Waals surface area contributed by atoms with E-state index in [0.29, 0.717) is 23.8 Å². The monoisotopic (exact) mass is 378 g/mol. The van der Waals surface area contributed by atoms with Crippen LogP contribution in [0, 0.1) is 0 Å². The summed E-state index contributed by atoms with van der Waals surface area (Å²) in [5.74, 6) is 0.225. The number of alkyl halides is 3. The third-order valence-electron chi connectivity index (χ3n) is 3.74. The summed E-state index contributed by atoms with van der Waals surface area (Å²) in [5, 5.41) is 5.68. The van der Waals surface area contributed by atoms with Crippen molar-refractivity contribution in [3.8, 4) is 0 Å². The molecular formula is C19H21F3N4O. The maximum absolute atomic E-state index is 12.6. The molecule has 0 aliphatic carbocycles. The average molecular weight is 378 g/mol. The van der Waals surface area contributed by atoms with Gasteiger partial charge in [0.15, 0.2) is 5.96 Å². The Bertz CT molecular complexity index is 774. The number of rotatable bonds is 5. The van der Waals surface area contributed by atoms with Crippen LogP contribution in [-0.4, -0.2) is 37.4 Å². The Labute approximate surface area is 155 Å². The van der Waals surface area contributed by atoms with Gasteiger partial charge in [-0.3, -0.25) is 9.79 Å². The first-order valence-electron chi connectivity index (χ1n) is 8.22. The Balaban J connectivity index is 1.88. The molecule has 0 aromatic heterocycles. The number of hydrogen-bond acceptors (Lipinski definition) is 2. The molecule has 8 heteroatoms. The molecule has 1 amide bonds. The Kier molecular flexibility index (Phi) is 6.81. The molecule has 2 aromatic rings. The number of nitrogens with one attached hydrogen (secondary N) is 2. The molecule has 0 unspecified atom stereocenters. The first-order valence-corrected chi connectivity index (χ1v) is 8.22. The second kappa shape index (κ2) is 9.07. The molecule has 0 fully saturated rings. The van der Waals surface area contributed by atoms with E-state index >= 15 is 0 Å². The highest BCUT2D eigenvalue weighted by molar-refractivity contribution is 5.94. The second-order valence-electron chi connectivity index (χ2n) is 5.87. The number of para-hydroxylation sites is 1. The van der Waals surface area contributed by atoms with E-state index in [1.807, 2.05) is 18.2 Å². The van der Waals surface area contributed by atoms with Gasteiger partial charge in [0, 0.05) is 26.3 Å². The molecule has 27 heavy (non-hydrogen) atoms. The molecule has 0 saturated carbocycles. The predicted octanol–water partition coefficient (Wildman–Crippen LogP) is 3.35. The van der Waals surface area contributed by atoms with Crippen molar-refractivity contribution in [2.24, 2.45) is 4.99 Å². The van der Waals surface area contributed by atoms with Crippen LogP contribution in [0.4, 0.5) is 18.9 Å². The van der Waals surface area contributed by atoms with Crippen molar-refractivity contribution >= 4 is 17.6 Å². The van der Waals surface area contributed by atoms with Crippen molar-refractivity contribution in [3.05, 3.63) is 65.7 Å². The van der Waals surface area contributed by atoms with Crippen LogP contribution in [-0.2, 0) is 17.5 Å². The standard InChI is InChI=1S/C19H21F3N4O/c1-23-18(24-12-17(27)25-16-6-4-3-5-7-16)26(2)13-14-8-10-15(11-9-14)19(20,21)22/h3-11H,12-13H2,1-2H3,(H,23,24)(H,25,27). The van der Waals surface area contributed by atoms with Gasteiger partial charge in [-0.05, 0) is 29.8 Å². The first kappa shape index (κ1) is 20.3. The number of carbonyl (C=O) groups is 1. The quantitative estimate of drug-likeness (QED) is 0.620. The Morgan fingerprint density at radius 1 is 1.07 bits per heavy atom. The fraction of sp³-hybridized carbons (Fsp3) is 0.263. The smallest absolute Gasteiger partial charge is 0.347 e. The number of carbonyl (C=O) groups excluding carboxylic acids is 1. The topological polar surface area (TPSA) is 56.7 Å². The van der Waals surface area contributed by atoms with Crippen LogP contribution < -0.4 is 10.6 Å². The van der Waals surface area contributed by atoms with Gasteiger partial charge in [-0.25, -0.2) is 0 Å². The molecule has 0 saturated heterocycles. The minimum absolute atomic E-state index is 0.0128. The maximum atomic E-state index is 12.6. The minimum atomic E-state index is -4.35. The normalized spacial score (nSPS) is 11.8. The van der Waals surface area contributed by atoms with E-state index in [4.69, 9.17) is 0 Å². The molecule has 144 valence electrons. The number of halogens is 3. The van der Waals surface area contributed by atoms with Crippen LogP contribution in [0.1, 0.15) is 11.1 Å². The van der Waals surface area contributed by atoms with E-state index in [1.54, 1.807) is 31.1 Å². The SMILES string of the molecule is CN=C(NCC(=O)Nc1ccccc1)N(C)Cc1ccc(C(F)(F)F)cc1. The van der Waals surface area contributed by atoms with Crippen molar-refractivity contribution in [1.82, 2.24) is 10.2 Å². The van der Waals surface area contributed by atoms with Crippen molar-refractivity contribution < 1.29 is 18.0 Å². The summed E-state index contributed by atoms with van der Waals surface area (Å²) in [5.41, 5.74) is 0.702. The summed E-state index contributed by atoms with van der Waals surface area (Å²) >= 11 is 0. The Hall–Kier alpha value is -3.03. The largest absolute Gasteiger partial charge is 0.416 e. The van der Waals surface area contributed by atoms with Crippen LogP contribution in [0.5, 0.6) is 0 Å². The highest BCUT2D eigenvalue weighted by Crippen LogP contribution is 2.29. The Morgan fingerprint density at radius 2 is 1.70 bits per heavy atom. The molecule has 0 atom stereocenters. The van der Waals surface area contributed by atoms with Gasteiger partial charge in [-0.1, -0.05) is 30.3 Å². The molecule has 0 spiro atoms. The molecule has 0 radical (unpaired) electrons. The van der Waals surface area contributed by atoms with E-state index in [9.17, 15) is 18.0 Å². The summed E-state index contributed by atoms with van der Waals surface area (Å²) in [6, 6.07) is 14.0. The lowest BCUT2D eigenvalue weighted by atomic mass is 10.1. The number of hydrogen-bond donors (Lipinski definition) is 2. The van der Waals surface area contributed by atoms with Gasteiger partial charge in [0.1, 0.15) is 0 Å². The van der Waals surface area contributed by atoms with E-state index in [0.717, 1.165) is 12.1 Å². The first-order chi connectivity index (χ1) is 12.8. The summed E-state index contributed by atoms with van der Waals surface area (Å²) in [4.78, 5) is 17.8. The molecule has 2 aromatic carbocycles. The zero-order chi connectivity index (χ0) is 19.9.